The van der Waals surface area contributed by atoms with E-state index in [2.05, 4.69) is 14.7 Å². The second-order valence-electron chi connectivity index (χ2n) is 9.73. The Kier molecular flexibility index (Phi) is 8.20. The summed E-state index contributed by atoms with van der Waals surface area (Å²) in [7, 11) is -3.64. The molecule has 1 aliphatic rings. The zero-order valence-corrected chi connectivity index (χ0v) is 24.7. The van der Waals surface area contributed by atoms with E-state index in [4.69, 9.17) is 4.74 Å². The van der Waals surface area contributed by atoms with Crippen molar-refractivity contribution in [1.82, 2.24) is 18.6 Å². The lowest BCUT2D eigenvalue weighted by Gasteiger charge is -2.26. The maximum atomic E-state index is 13.7. The number of rotatable bonds is 10. The molecule has 0 atom stereocenters. The average molecular weight is 596 g/mol. The van der Waals surface area contributed by atoms with Crippen molar-refractivity contribution >= 4 is 26.6 Å². The molecule has 4 aromatic rings. The molecular weight excluding hydrogens is 562 g/mol. The number of nitrogens with one attached hydrogen (secondary N) is 1. The number of ether oxygens (including phenoxy) is 1. The number of aromatic nitrogens is 2. The van der Waals surface area contributed by atoms with Gasteiger partial charge in [0.05, 0.1) is 12.0 Å². The minimum Gasteiger partial charge on any atom is -0.497 e. The summed E-state index contributed by atoms with van der Waals surface area (Å²) in [5.41, 5.74) is 3.52. The third kappa shape index (κ3) is 6.16. The van der Waals surface area contributed by atoms with Gasteiger partial charge in [-0.15, -0.1) is 0 Å². The van der Waals surface area contributed by atoms with Gasteiger partial charge in [-0.2, -0.15) is 4.31 Å². The Morgan fingerprint density at radius 2 is 1.68 bits per heavy atom. The van der Waals surface area contributed by atoms with Gasteiger partial charge in [0.1, 0.15) is 17.4 Å². The van der Waals surface area contributed by atoms with Crippen LogP contribution in [-0.2, 0) is 23.6 Å². The number of nitrogens with zero attached hydrogens (tertiary/aromatic N) is 4. The quantitative estimate of drug-likeness (QED) is 0.219. The maximum absolute atomic E-state index is 13.7. The van der Waals surface area contributed by atoms with Gasteiger partial charge in [-0.3, -0.25) is 18.8 Å². The molecule has 0 bridgehead atoms. The molecule has 0 unspecified atom stereocenters. The summed E-state index contributed by atoms with van der Waals surface area (Å²) in [6.45, 7) is 2.41. The van der Waals surface area contributed by atoms with E-state index in [0.29, 0.717) is 28.5 Å². The van der Waals surface area contributed by atoms with Crippen LogP contribution in [0.1, 0.15) is 23.4 Å². The number of aryl methyl sites for hydroxylation is 2. The molecule has 3 N–H and O–H groups in total. The fraction of sp³-hybridized carbons (Fsp3) is 0.241. The monoisotopic (exact) mass is 595 g/mol. The molecule has 3 aromatic carbocycles. The highest BCUT2D eigenvalue weighted by Crippen LogP contribution is 2.50. The van der Waals surface area contributed by atoms with Crippen molar-refractivity contribution in [3.05, 3.63) is 95.9 Å². The van der Waals surface area contributed by atoms with E-state index >= 15 is 0 Å². The van der Waals surface area contributed by atoms with Crippen LogP contribution in [0.2, 0.25) is 0 Å². The Balaban J connectivity index is 1.34. The van der Waals surface area contributed by atoms with Crippen molar-refractivity contribution in [2.45, 2.75) is 29.8 Å². The Labute approximate surface area is 241 Å². The summed E-state index contributed by atoms with van der Waals surface area (Å²) >= 11 is 0. The Hall–Kier alpha value is -3.68. The van der Waals surface area contributed by atoms with Gasteiger partial charge >= 0.3 is 0 Å². The fourth-order valence-electron chi connectivity index (χ4n) is 4.57. The molecule has 1 aromatic heterocycles. The lowest BCUT2D eigenvalue weighted by Crippen LogP contribution is -2.32. The van der Waals surface area contributed by atoms with Crippen LogP contribution >= 0.6 is 10.8 Å². The molecule has 41 heavy (non-hydrogen) atoms. The number of methoxy groups -OCH3 is 1. The van der Waals surface area contributed by atoms with Gasteiger partial charge in [0, 0.05) is 38.4 Å². The number of sulfonamides is 1. The van der Waals surface area contributed by atoms with Gasteiger partial charge in [-0.25, -0.2) is 13.4 Å². The van der Waals surface area contributed by atoms with Crippen molar-refractivity contribution in [3.8, 4) is 16.9 Å². The lowest BCUT2D eigenvalue weighted by atomic mass is 10.0. The molecule has 0 spiro atoms. The predicted octanol–water partition coefficient (Wildman–Crippen LogP) is 5.06. The number of fused-ring (bicyclic) bond motifs is 1. The largest absolute Gasteiger partial charge is 0.497 e. The van der Waals surface area contributed by atoms with Crippen LogP contribution in [0.25, 0.3) is 11.1 Å². The predicted molar refractivity (Wildman–Crippen MR) is 161 cm³/mol. The third-order valence-corrected chi connectivity index (χ3v) is 10.1. The average Bonchev–Trinajstić information content (AvgIpc) is 3.45. The van der Waals surface area contributed by atoms with Crippen LogP contribution in [0.5, 0.6) is 5.75 Å². The first-order valence-electron chi connectivity index (χ1n) is 13.0. The molecule has 216 valence electrons. The molecule has 12 heteroatoms. The summed E-state index contributed by atoms with van der Waals surface area (Å²) in [6.07, 6.45) is 1.94. The highest BCUT2D eigenvalue weighted by atomic mass is 32.3. The highest BCUT2D eigenvalue weighted by Gasteiger charge is 2.31. The Bertz CT molecular complexity index is 1650. The van der Waals surface area contributed by atoms with E-state index < -0.39 is 20.8 Å². The molecule has 0 amide bonds. The van der Waals surface area contributed by atoms with E-state index in [1.165, 1.54) is 10.5 Å². The minimum atomic E-state index is -3.89. The van der Waals surface area contributed by atoms with Crippen LogP contribution in [0, 0.1) is 6.92 Å². The first-order valence-corrected chi connectivity index (χ1v) is 16.0. The molecule has 10 nitrogen and oxygen atoms in total. The topological polar surface area (TPSA) is 129 Å². The summed E-state index contributed by atoms with van der Waals surface area (Å²) in [6, 6.07) is 22.5. The molecule has 5 rings (SSSR count). The molecule has 0 radical (unpaired) electrons. The number of amidine groups is 1. The van der Waals surface area contributed by atoms with Crippen LogP contribution in [-0.4, -0.2) is 57.4 Å². The summed E-state index contributed by atoms with van der Waals surface area (Å²) in [4.78, 5) is 9.21. The summed E-state index contributed by atoms with van der Waals surface area (Å²) in [5.74, 6) is 1.77. The molecule has 2 heterocycles. The van der Waals surface area contributed by atoms with E-state index in [1.54, 1.807) is 49.9 Å². The second-order valence-corrected chi connectivity index (χ2v) is 13.4. The van der Waals surface area contributed by atoms with E-state index in [1.807, 2.05) is 48.5 Å². The smallest absolute Gasteiger partial charge is 0.262 e. The molecule has 0 saturated carbocycles. The van der Waals surface area contributed by atoms with Gasteiger partial charge in [-0.1, -0.05) is 59.3 Å². The Morgan fingerprint density at radius 1 is 1.02 bits per heavy atom. The summed E-state index contributed by atoms with van der Waals surface area (Å²) < 4.78 is 59.1. The molecule has 0 saturated heterocycles. The van der Waals surface area contributed by atoms with E-state index in [0.717, 1.165) is 22.4 Å². The first-order chi connectivity index (χ1) is 19.6. The van der Waals surface area contributed by atoms with Crippen LogP contribution in [0.3, 0.4) is 0 Å². The van der Waals surface area contributed by atoms with Crippen molar-refractivity contribution < 1.29 is 22.3 Å². The minimum absolute atomic E-state index is 0.000927. The zero-order valence-electron chi connectivity index (χ0n) is 23.1. The number of benzene rings is 3. The van der Waals surface area contributed by atoms with E-state index in [9.17, 15) is 17.5 Å². The summed E-state index contributed by atoms with van der Waals surface area (Å²) in [5, 5.41) is -0.000927. The zero-order chi connectivity index (χ0) is 29.2. The standard InChI is InChI=1S/C29H33N5O5S2/c1-21-31-28(20-33(21)2)41(37,38)34(18-6-17-30-29-26-7-4-5-8-27(26)40(35,36)32-29)19-22-9-11-23(12-10-22)24-13-15-25(39-3)16-14-24/h4-5,7-16,20,35-36H,6,17-19H2,1-3H3,(H,30,32). The van der Waals surface area contributed by atoms with Crippen molar-refractivity contribution in [2.75, 3.05) is 20.2 Å². The molecule has 0 fully saturated rings. The molecular formula is C29H33N5O5S2. The number of aliphatic imine (C=N–C) groups is 1. The van der Waals surface area contributed by atoms with Crippen molar-refractivity contribution in [2.24, 2.45) is 12.0 Å². The number of imidazole rings is 1. The third-order valence-electron chi connectivity index (χ3n) is 6.95. The van der Waals surface area contributed by atoms with Gasteiger partial charge < -0.3 is 9.30 Å². The second kappa shape index (κ2) is 11.7. The maximum Gasteiger partial charge on any atom is 0.262 e. The van der Waals surface area contributed by atoms with Crippen LogP contribution in [0.4, 0.5) is 0 Å². The van der Waals surface area contributed by atoms with Gasteiger partial charge in [-0.05, 0) is 54.3 Å². The van der Waals surface area contributed by atoms with Crippen molar-refractivity contribution in [1.29, 1.82) is 0 Å². The van der Waals surface area contributed by atoms with Gasteiger partial charge in [0.25, 0.3) is 10.0 Å². The normalized spacial score (nSPS) is 16.0. The Morgan fingerprint density at radius 3 is 2.32 bits per heavy atom. The highest BCUT2D eigenvalue weighted by molar-refractivity contribution is 8.23. The van der Waals surface area contributed by atoms with Gasteiger partial charge in [0.15, 0.2) is 5.03 Å². The molecule has 0 aliphatic carbocycles. The first kappa shape index (κ1) is 28.8. The van der Waals surface area contributed by atoms with Gasteiger partial charge in [0.2, 0.25) is 0 Å². The number of hydrogen-bond acceptors (Lipinski definition) is 7. The van der Waals surface area contributed by atoms with Crippen LogP contribution < -0.4 is 9.46 Å². The molecule has 1 aliphatic heterocycles. The SMILES string of the molecule is COc1ccc(-c2ccc(CN(CCCN=C3NS(O)(O)c4ccccc43)S(=O)(=O)c3cn(C)c(C)n3)cc2)cc1. The fourth-order valence-corrected chi connectivity index (χ4v) is 7.35. The van der Waals surface area contributed by atoms with Crippen LogP contribution in [0.15, 0.2) is 93.9 Å². The van der Waals surface area contributed by atoms with Crippen molar-refractivity contribution in [3.63, 3.8) is 0 Å². The van der Waals surface area contributed by atoms with E-state index in [-0.39, 0.29) is 24.7 Å². The lowest BCUT2D eigenvalue weighted by molar-refractivity contribution is 0.400. The number of hydrogen-bond donors (Lipinski definition) is 3.